The van der Waals surface area contributed by atoms with Crippen molar-refractivity contribution in [1.29, 1.82) is 0 Å². The largest absolute Gasteiger partial charge is 0.381 e. The molecule has 1 heterocycles. The second kappa shape index (κ2) is 5.83. The molecule has 1 aromatic heterocycles. The molecule has 0 aliphatic heterocycles. The maximum absolute atomic E-state index is 3.50. The first-order chi connectivity index (χ1) is 9.86. The van der Waals surface area contributed by atoms with Gasteiger partial charge in [0.15, 0.2) is 0 Å². The number of aryl methyl sites for hydroxylation is 1. The fraction of sp³-hybridized carbons (Fsp3) is 0.222. The van der Waals surface area contributed by atoms with E-state index in [1.54, 1.807) is 0 Å². The van der Waals surface area contributed by atoms with E-state index in [2.05, 4.69) is 65.8 Å². The van der Waals surface area contributed by atoms with Crippen molar-refractivity contribution in [2.24, 2.45) is 0 Å². The topological polar surface area (TPSA) is 27.8 Å². The number of H-pyrrole nitrogens is 1. The van der Waals surface area contributed by atoms with Crippen LogP contribution in [-0.2, 0) is 13.0 Å². The molecule has 0 spiro atoms. The van der Waals surface area contributed by atoms with Crippen molar-refractivity contribution in [3.63, 3.8) is 0 Å². The SMILES string of the molecule is CCCc1ccc(NCc2cccc3[nH]ccc23)cc1. The van der Waals surface area contributed by atoms with Crippen molar-refractivity contribution in [3.05, 3.63) is 65.9 Å². The smallest absolute Gasteiger partial charge is 0.0457 e. The maximum Gasteiger partial charge on any atom is 0.0457 e. The van der Waals surface area contributed by atoms with Crippen molar-refractivity contribution in [2.45, 2.75) is 26.3 Å². The summed E-state index contributed by atoms with van der Waals surface area (Å²) in [4.78, 5) is 3.25. The number of fused-ring (bicyclic) bond motifs is 1. The molecule has 0 saturated heterocycles. The van der Waals surface area contributed by atoms with E-state index in [-0.39, 0.29) is 0 Å². The van der Waals surface area contributed by atoms with Gasteiger partial charge in [-0.1, -0.05) is 37.6 Å². The van der Waals surface area contributed by atoms with Gasteiger partial charge < -0.3 is 10.3 Å². The van der Waals surface area contributed by atoms with Crippen LogP contribution < -0.4 is 5.32 Å². The van der Waals surface area contributed by atoms with E-state index in [0.29, 0.717) is 0 Å². The lowest BCUT2D eigenvalue weighted by molar-refractivity contribution is 0.922. The third-order valence-corrected chi connectivity index (χ3v) is 3.66. The third kappa shape index (κ3) is 2.69. The number of nitrogens with one attached hydrogen (secondary N) is 2. The molecule has 3 rings (SSSR count). The van der Waals surface area contributed by atoms with Crippen LogP contribution >= 0.6 is 0 Å². The molecule has 2 heteroatoms. The molecule has 102 valence electrons. The van der Waals surface area contributed by atoms with Crippen molar-refractivity contribution in [3.8, 4) is 0 Å². The minimum atomic E-state index is 0.850. The molecule has 2 N–H and O–H groups in total. The lowest BCUT2D eigenvalue weighted by Crippen LogP contribution is -1.99. The van der Waals surface area contributed by atoms with Gasteiger partial charge in [-0.2, -0.15) is 0 Å². The maximum atomic E-state index is 3.50. The summed E-state index contributed by atoms with van der Waals surface area (Å²) in [5.74, 6) is 0. The molecule has 0 aliphatic rings. The lowest BCUT2D eigenvalue weighted by atomic mass is 10.1. The molecule has 2 aromatic carbocycles. The fourth-order valence-corrected chi connectivity index (χ4v) is 2.58. The zero-order valence-electron chi connectivity index (χ0n) is 11.8. The van der Waals surface area contributed by atoms with E-state index < -0.39 is 0 Å². The van der Waals surface area contributed by atoms with Gasteiger partial charge in [-0.25, -0.2) is 0 Å². The van der Waals surface area contributed by atoms with Gasteiger partial charge in [0, 0.05) is 29.3 Å². The quantitative estimate of drug-likeness (QED) is 0.685. The molecular formula is C18H20N2. The summed E-state index contributed by atoms with van der Waals surface area (Å²) in [6, 6.07) is 17.3. The molecule has 0 aliphatic carbocycles. The lowest BCUT2D eigenvalue weighted by Gasteiger charge is -2.08. The van der Waals surface area contributed by atoms with Crippen LogP contribution in [0.2, 0.25) is 0 Å². The normalized spacial score (nSPS) is 10.8. The van der Waals surface area contributed by atoms with Crippen molar-refractivity contribution in [2.75, 3.05) is 5.32 Å². The highest BCUT2D eigenvalue weighted by atomic mass is 14.9. The molecule has 0 fully saturated rings. The molecule has 0 bridgehead atoms. The number of hydrogen-bond acceptors (Lipinski definition) is 1. The summed E-state index contributed by atoms with van der Waals surface area (Å²) in [7, 11) is 0. The molecule has 0 amide bonds. The summed E-state index contributed by atoms with van der Waals surface area (Å²) in [6.07, 6.45) is 4.35. The Bertz CT molecular complexity index is 680. The highest BCUT2D eigenvalue weighted by Gasteiger charge is 2.01. The van der Waals surface area contributed by atoms with Crippen LogP contribution in [-0.4, -0.2) is 4.98 Å². The van der Waals surface area contributed by atoms with E-state index >= 15 is 0 Å². The van der Waals surface area contributed by atoms with Crippen LogP contribution in [0.15, 0.2) is 54.7 Å². The fourth-order valence-electron chi connectivity index (χ4n) is 2.58. The Labute approximate surface area is 119 Å². The van der Waals surface area contributed by atoms with Gasteiger partial charge in [0.1, 0.15) is 0 Å². The number of rotatable bonds is 5. The van der Waals surface area contributed by atoms with Crippen LogP contribution in [0.25, 0.3) is 10.9 Å². The van der Waals surface area contributed by atoms with E-state index in [9.17, 15) is 0 Å². The minimum absolute atomic E-state index is 0.850. The van der Waals surface area contributed by atoms with Crippen LogP contribution in [0.3, 0.4) is 0 Å². The Morgan fingerprint density at radius 1 is 1.00 bits per heavy atom. The van der Waals surface area contributed by atoms with Gasteiger partial charge in [-0.05, 0) is 41.8 Å². The zero-order chi connectivity index (χ0) is 13.8. The molecule has 0 atom stereocenters. The predicted molar refractivity (Wildman–Crippen MR) is 86.1 cm³/mol. The Morgan fingerprint density at radius 2 is 1.85 bits per heavy atom. The second-order valence-corrected chi connectivity index (χ2v) is 5.16. The van der Waals surface area contributed by atoms with Crippen LogP contribution in [0.5, 0.6) is 0 Å². The first-order valence-electron chi connectivity index (χ1n) is 7.24. The standard InChI is InChI=1S/C18H20N2/c1-2-4-14-7-9-16(10-8-14)20-13-15-5-3-6-18-17(15)11-12-19-18/h3,5-12,19-20H,2,4,13H2,1H3. The van der Waals surface area contributed by atoms with Gasteiger partial charge in [-0.3, -0.25) is 0 Å². The zero-order valence-corrected chi connectivity index (χ0v) is 11.8. The number of hydrogen-bond donors (Lipinski definition) is 2. The Balaban J connectivity index is 1.71. The van der Waals surface area contributed by atoms with Gasteiger partial charge in [-0.15, -0.1) is 0 Å². The van der Waals surface area contributed by atoms with Gasteiger partial charge in [0.25, 0.3) is 0 Å². The Morgan fingerprint density at radius 3 is 2.65 bits per heavy atom. The monoisotopic (exact) mass is 264 g/mol. The summed E-state index contributed by atoms with van der Waals surface area (Å²) >= 11 is 0. The molecule has 0 radical (unpaired) electrons. The molecule has 3 aromatic rings. The molecule has 0 saturated carbocycles. The number of anilines is 1. The van der Waals surface area contributed by atoms with E-state index in [1.807, 2.05) is 6.20 Å². The Kier molecular flexibility index (Phi) is 3.73. The highest BCUT2D eigenvalue weighted by molar-refractivity contribution is 5.83. The predicted octanol–water partition coefficient (Wildman–Crippen LogP) is 4.73. The second-order valence-electron chi connectivity index (χ2n) is 5.16. The van der Waals surface area contributed by atoms with E-state index in [0.717, 1.165) is 13.0 Å². The van der Waals surface area contributed by atoms with Crippen molar-refractivity contribution >= 4 is 16.6 Å². The Hall–Kier alpha value is -2.22. The first-order valence-corrected chi connectivity index (χ1v) is 7.24. The number of aromatic amines is 1. The average Bonchev–Trinajstić information content (AvgIpc) is 2.96. The van der Waals surface area contributed by atoms with E-state index in [4.69, 9.17) is 0 Å². The number of benzene rings is 2. The third-order valence-electron chi connectivity index (χ3n) is 3.66. The summed E-state index contributed by atoms with van der Waals surface area (Å²) < 4.78 is 0. The number of aromatic nitrogens is 1. The van der Waals surface area contributed by atoms with E-state index in [1.165, 1.54) is 34.1 Å². The van der Waals surface area contributed by atoms with Crippen LogP contribution in [0, 0.1) is 0 Å². The van der Waals surface area contributed by atoms with Crippen molar-refractivity contribution in [1.82, 2.24) is 4.98 Å². The average molecular weight is 264 g/mol. The summed E-state index contributed by atoms with van der Waals surface area (Å²) in [5.41, 5.74) is 5.10. The van der Waals surface area contributed by atoms with Gasteiger partial charge in [0.05, 0.1) is 0 Å². The molecule has 0 unspecified atom stereocenters. The summed E-state index contributed by atoms with van der Waals surface area (Å²) in [5, 5.41) is 4.79. The molecule has 2 nitrogen and oxygen atoms in total. The van der Waals surface area contributed by atoms with Crippen LogP contribution in [0.1, 0.15) is 24.5 Å². The minimum Gasteiger partial charge on any atom is -0.381 e. The van der Waals surface area contributed by atoms with Gasteiger partial charge >= 0.3 is 0 Å². The summed E-state index contributed by atoms with van der Waals surface area (Å²) in [6.45, 7) is 3.06. The van der Waals surface area contributed by atoms with Gasteiger partial charge in [0.2, 0.25) is 0 Å². The highest BCUT2D eigenvalue weighted by Crippen LogP contribution is 2.19. The molecule has 20 heavy (non-hydrogen) atoms. The molecular weight excluding hydrogens is 244 g/mol. The van der Waals surface area contributed by atoms with Crippen molar-refractivity contribution < 1.29 is 0 Å². The first kappa shape index (κ1) is 12.8. The van der Waals surface area contributed by atoms with Crippen LogP contribution in [0.4, 0.5) is 5.69 Å².